The fourth-order valence-corrected chi connectivity index (χ4v) is 8.69. The molecule has 0 unspecified atom stereocenters. The minimum absolute atomic E-state index is 0.634. The molecule has 0 spiro atoms. The van der Waals surface area contributed by atoms with Crippen LogP contribution in [0.5, 0.6) is 0 Å². The first-order chi connectivity index (χ1) is 27.3. The highest BCUT2D eigenvalue weighted by Crippen LogP contribution is 2.43. The van der Waals surface area contributed by atoms with Gasteiger partial charge in [-0.25, -0.2) is 9.97 Å². The lowest BCUT2D eigenvalue weighted by Gasteiger charge is -2.12. The molecule has 0 amide bonds. The Hall–Kier alpha value is -7.24. The molecule has 0 bridgehead atoms. The molecule has 0 N–H and O–H groups in total. The number of aromatic nitrogens is 3. The van der Waals surface area contributed by atoms with Crippen LogP contribution in [0, 0.1) is 0 Å². The first-order valence-electron chi connectivity index (χ1n) is 18.8. The van der Waals surface area contributed by atoms with Gasteiger partial charge in [-0.2, -0.15) is 0 Å². The summed E-state index contributed by atoms with van der Waals surface area (Å²) in [6, 6.07) is 53.2. The maximum Gasteiger partial charge on any atom is 0.235 e. The molecule has 0 saturated carbocycles. The Morgan fingerprint density at radius 1 is 0.455 bits per heavy atom. The van der Waals surface area contributed by atoms with E-state index in [0.717, 1.165) is 111 Å². The predicted octanol–water partition coefficient (Wildman–Crippen LogP) is 11.7. The van der Waals surface area contributed by atoms with Gasteiger partial charge in [-0.15, -0.1) is 0 Å². The van der Waals surface area contributed by atoms with Crippen LogP contribution >= 0.6 is 0 Å². The second-order valence-corrected chi connectivity index (χ2v) is 14.4. The van der Waals surface area contributed by atoms with Crippen molar-refractivity contribution in [2.24, 2.45) is 0 Å². The number of hydrogen-bond acceptors (Lipinski definition) is 4. The fourth-order valence-electron chi connectivity index (χ4n) is 8.69. The average molecular weight is 706 g/mol. The van der Waals surface area contributed by atoms with Gasteiger partial charge in [0.2, 0.25) is 5.95 Å². The van der Waals surface area contributed by atoms with Crippen molar-refractivity contribution >= 4 is 77.8 Å². The number of fused-ring (bicyclic) bond motifs is 11. The van der Waals surface area contributed by atoms with E-state index in [0.29, 0.717) is 5.95 Å². The molecule has 0 radical (unpaired) electrons. The van der Waals surface area contributed by atoms with Gasteiger partial charge in [0.05, 0.1) is 27.5 Å². The molecular weight excluding hydrogens is 675 g/mol. The summed E-state index contributed by atoms with van der Waals surface area (Å²) in [6.07, 6.45) is 6.44. The molecular formula is C50H31N3O2. The molecule has 5 nitrogen and oxygen atoms in total. The summed E-state index contributed by atoms with van der Waals surface area (Å²) < 4.78 is 15.5. The Balaban J connectivity index is 1.13. The number of furan rings is 2. The standard InChI is InChI=1S/C50H31N3O2/c1-2-11-30(12-3-1)31-21-23-32(24-22-31)47-39-15-4-7-18-41(39)51-50(52-47)53-42-27-25-33(34-16-10-17-37-35-13-5-8-19-44(35)54-48(34)37)29-40(42)46-43(53)28-26-38-36-14-6-9-20-45(36)55-49(38)46/h1-3,5-6,8-29H,4,7H2. The minimum atomic E-state index is 0.634. The van der Waals surface area contributed by atoms with Crippen LogP contribution < -0.4 is 10.6 Å². The molecule has 4 aromatic heterocycles. The van der Waals surface area contributed by atoms with Crippen molar-refractivity contribution in [3.05, 3.63) is 162 Å². The van der Waals surface area contributed by atoms with Crippen LogP contribution in [0.4, 0.5) is 0 Å². The van der Waals surface area contributed by atoms with E-state index in [9.17, 15) is 0 Å². The highest BCUT2D eigenvalue weighted by atomic mass is 16.3. The van der Waals surface area contributed by atoms with Crippen LogP contribution in [0.1, 0.15) is 12.8 Å². The summed E-state index contributed by atoms with van der Waals surface area (Å²) in [4.78, 5) is 10.7. The van der Waals surface area contributed by atoms with Gasteiger partial charge in [-0.05, 0) is 65.9 Å². The molecule has 5 heteroatoms. The van der Waals surface area contributed by atoms with Crippen molar-refractivity contribution < 1.29 is 8.83 Å². The molecule has 7 aromatic carbocycles. The third-order valence-corrected chi connectivity index (χ3v) is 11.3. The van der Waals surface area contributed by atoms with Gasteiger partial charge in [-0.3, -0.25) is 4.57 Å². The summed E-state index contributed by atoms with van der Waals surface area (Å²) in [5, 5.41) is 8.56. The normalized spacial score (nSPS) is 12.9. The van der Waals surface area contributed by atoms with Crippen molar-refractivity contribution in [3.63, 3.8) is 0 Å². The van der Waals surface area contributed by atoms with Crippen LogP contribution in [0.25, 0.3) is 117 Å². The summed E-state index contributed by atoms with van der Waals surface area (Å²) in [7, 11) is 0. The highest BCUT2D eigenvalue weighted by molar-refractivity contribution is 6.24. The summed E-state index contributed by atoms with van der Waals surface area (Å²) in [6.45, 7) is 0. The Morgan fingerprint density at radius 3 is 1.91 bits per heavy atom. The largest absolute Gasteiger partial charge is 0.455 e. The summed E-state index contributed by atoms with van der Waals surface area (Å²) >= 11 is 0. The van der Waals surface area contributed by atoms with Crippen LogP contribution in [-0.4, -0.2) is 14.5 Å². The molecule has 0 aliphatic heterocycles. The van der Waals surface area contributed by atoms with E-state index in [1.54, 1.807) is 0 Å². The van der Waals surface area contributed by atoms with Crippen LogP contribution in [-0.2, 0) is 0 Å². The maximum absolute atomic E-state index is 6.73. The third kappa shape index (κ3) is 4.53. The quantitative estimate of drug-likeness (QED) is 0.183. The lowest BCUT2D eigenvalue weighted by Crippen LogP contribution is -2.34. The molecule has 55 heavy (non-hydrogen) atoms. The fraction of sp³-hybridized carbons (Fsp3) is 0.0400. The number of nitrogens with zero attached hydrogens (tertiary/aromatic N) is 3. The van der Waals surface area contributed by atoms with Crippen LogP contribution in [0.2, 0.25) is 0 Å². The van der Waals surface area contributed by atoms with Crippen molar-refractivity contribution in [3.8, 4) is 39.5 Å². The average Bonchev–Trinajstić information content (AvgIpc) is 3.93. The second-order valence-electron chi connectivity index (χ2n) is 14.4. The topological polar surface area (TPSA) is 57.0 Å². The zero-order valence-corrected chi connectivity index (χ0v) is 29.7. The van der Waals surface area contributed by atoms with Gasteiger partial charge in [0, 0.05) is 43.3 Å². The lowest BCUT2D eigenvalue weighted by atomic mass is 10.00. The highest BCUT2D eigenvalue weighted by Gasteiger charge is 2.22. The Kier molecular flexibility index (Phi) is 6.39. The van der Waals surface area contributed by atoms with Crippen molar-refractivity contribution in [2.45, 2.75) is 12.8 Å². The molecule has 12 rings (SSSR count). The molecule has 1 aliphatic rings. The molecule has 0 fully saturated rings. The Morgan fingerprint density at radius 2 is 1.09 bits per heavy atom. The molecule has 11 aromatic rings. The molecule has 258 valence electrons. The monoisotopic (exact) mass is 705 g/mol. The molecule has 0 saturated heterocycles. The zero-order chi connectivity index (χ0) is 36.0. The van der Waals surface area contributed by atoms with E-state index < -0.39 is 0 Å². The first-order valence-corrected chi connectivity index (χ1v) is 18.8. The zero-order valence-electron chi connectivity index (χ0n) is 29.7. The van der Waals surface area contributed by atoms with E-state index in [1.165, 1.54) is 11.1 Å². The molecule has 1 aliphatic carbocycles. The van der Waals surface area contributed by atoms with E-state index in [1.807, 2.05) is 24.3 Å². The lowest BCUT2D eigenvalue weighted by molar-refractivity contribution is 0.670. The number of para-hydroxylation sites is 3. The second kappa shape index (κ2) is 11.6. The van der Waals surface area contributed by atoms with Gasteiger partial charge in [0.25, 0.3) is 0 Å². The Labute approximate surface area is 314 Å². The van der Waals surface area contributed by atoms with Gasteiger partial charge in [-0.1, -0.05) is 127 Å². The van der Waals surface area contributed by atoms with Crippen LogP contribution in [0.3, 0.4) is 0 Å². The van der Waals surface area contributed by atoms with Gasteiger partial charge >= 0.3 is 0 Å². The summed E-state index contributed by atoms with van der Waals surface area (Å²) in [5.74, 6) is 0.634. The number of rotatable bonds is 4. The predicted molar refractivity (Wildman–Crippen MR) is 225 cm³/mol. The van der Waals surface area contributed by atoms with Crippen molar-refractivity contribution in [2.75, 3.05) is 0 Å². The van der Waals surface area contributed by atoms with E-state index in [-0.39, 0.29) is 0 Å². The number of benzene rings is 7. The third-order valence-electron chi connectivity index (χ3n) is 11.3. The minimum Gasteiger partial charge on any atom is -0.455 e. The van der Waals surface area contributed by atoms with E-state index >= 15 is 0 Å². The first kappa shape index (κ1) is 30.2. The van der Waals surface area contributed by atoms with E-state index in [2.05, 4.69) is 144 Å². The van der Waals surface area contributed by atoms with Crippen LogP contribution in [0.15, 0.2) is 160 Å². The maximum atomic E-state index is 6.73. The van der Waals surface area contributed by atoms with Gasteiger partial charge < -0.3 is 8.83 Å². The smallest absolute Gasteiger partial charge is 0.235 e. The molecule has 4 heterocycles. The van der Waals surface area contributed by atoms with Gasteiger partial charge in [0.1, 0.15) is 22.3 Å². The Bertz CT molecular complexity index is 3480. The van der Waals surface area contributed by atoms with E-state index in [4.69, 9.17) is 18.8 Å². The van der Waals surface area contributed by atoms with Crippen molar-refractivity contribution in [1.29, 1.82) is 0 Å². The van der Waals surface area contributed by atoms with Gasteiger partial charge in [0.15, 0.2) is 0 Å². The van der Waals surface area contributed by atoms with Crippen molar-refractivity contribution in [1.82, 2.24) is 14.5 Å². The number of hydrogen-bond donors (Lipinski definition) is 0. The SMILES string of the molecule is C1=c2nc(-n3c4ccc(-c5cccc6c5oc5ccccc56)cc4c4c5oc6ccccc6c5ccc43)nc(-c3ccc(-c4ccccc4)cc3)c2=CCC1. The summed E-state index contributed by atoms with van der Waals surface area (Å²) in [5.41, 5.74) is 12.0. The molecule has 0 atom stereocenters.